The summed E-state index contributed by atoms with van der Waals surface area (Å²) in [5, 5.41) is 1.00. The molecule has 6 heteroatoms. The van der Waals surface area contributed by atoms with Gasteiger partial charge in [-0.05, 0) is 67.6 Å². The van der Waals surface area contributed by atoms with E-state index >= 15 is 0 Å². The van der Waals surface area contributed by atoms with Crippen molar-refractivity contribution < 1.29 is 9.53 Å². The summed E-state index contributed by atoms with van der Waals surface area (Å²) >= 11 is 12.3. The highest BCUT2D eigenvalue weighted by Gasteiger charge is 2.56. The lowest BCUT2D eigenvalue weighted by Crippen LogP contribution is -2.55. The molecule has 0 N–H and O–H groups in total. The molecular weight excluding hydrogens is 443 g/mol. The van der Waals surface area contributed by atoms with Gasteiger partial charge in [-0.25, -0.2) is 0 Å². The molecule has 1 spiro atoms. The number of ether oxygens (including phenoxy) is 1. The molecule has 2 fully saturated rings. The van der Waals surface area contributed by atoms with E-state index in [2.05, 4.69) is 29.2 Å². The number of rotatable bonds is 4. The third-order valence-electron chi connectivity index (χ3n) is 7.75. The van der Waals surface area contributed by atoms with E-state index in [1.54, 1.807) is 12.1 Å². The standard InChI is InChI=1S/C26H30Cl2N2O2/c1-29(23(31)17-18-8-9-21(27)22(28)16-18)25-24(30-12-4-5-13-30)19-6-2-3-7-20(19)26(25)10-14-32-15-11-26/h2-3,6-9,16,24-25H,4-5,10-15,17H2,1H3. The first kappa shape index (κ1) is 22.2. The van der Waals surface area contributed by atoms with E-state index in [-0.39, 0.29) is 23.4 Å². The molecule has 0 bridgehead atoms. The molecule has 1 amide bonds. The minimum atomic E-state index is -0.0653. The van der Waals surface area contributed by atoms with Gasteiger partial charge in [-0.2, -0.15) is 0 Å². The highest BCUT2D eigenvalue weighted by Crippen LogP contribution is 2.55. The zero-order valence-electron chi connectivity index (χ0n) is 18.5. The first-order valence-electron chi connectivity index (χ1n) is 11.6. The first-order valence-corrected chi connectivity index (χ1v) is 12.4. The van der Waals surface area contributed by atoms with Crippen LogP contribution in [-0.4, -0.2) is 55.1 Å². The smallest absolute Gasteiger partial charge is 0.227 e. The maximum atomic E-state index is 13.6. The van der Waals surface area contributed by atoms with E-state index in [9.17, 15) is 4.79 Å². The summed E-state index contributed by atoms with van der Waals surface area (Å²) in [4.78, 5) is 18.3. The molecule has 4 nitrogen and oxygen atoms in total. The third-order valence-corrected chi connectivity index (χ3v) is 8.49. The number of likely N-dealkylation sites (tertiary alicyclic amines) is 1. The zero-order valence-corrected chi connectivity index (χ0v) is 20.0. The van der Waals surface area contributed by atoms with Crippen LogP contribution in [-0.2, 0) is 21.4 Å². The van der Waals surface area contributed by atoms with Crippen molar-refractivity contribution in [3.63, 3.8) is 0 Å². The van der Waals surface area contributed by atoms with Crippen LogP contribution in [0.2, 0.25) is 10.0 Å². The molecule has 2 aromatic rings. The molecule has 3 aliphatic rings. The highest BCUT2D eigenvalue weighted by atomic mass is 35.5. The van der Waals surface area contributed by atoms with Gasteiger partial charge >= 0.3 is 0 Å². The van der Waals surface area contributed by atoms with Crippen LogP contribution in [0.4, 0.5) is 0 Å². The number of benzene rings is 2. The third kappa shape index (κ3) is 3.75. The van der Waals surface area contributed by atoms with Gasteiger partial charge < -0.3 is 9.64 Å². The molecule has 2 aliphatic heterocycles. The second kappa shape index (κ2) is 8.98. The molecule has 170 valence electrons. The summed E-state index contributed by atoms with van der Waals surface area (Å²) in [7, 11) is 2.00. The Bertz CT molecular complexity index is 999. The van der Waals surface area contributed by atoms with Gasteiger partial charge in [0.1, 0.15) is 0 Å². The summed E-state index contributed by atoms with van der Waals surface area (Å²) in [5.41, 5.74) is 3.64. The number of halogens is 2. The minimum Gasteiger partial charge on any atom is -0.381 e. The Hall–Kier alpha value is -1.59. The fourth-order valence-corrected chi connectivity index (χ4v) is 6.56. The Labute approximate surface area is 200 Å². The van der Waals surface area contributed by atoms with E-state index in [0.29, 0.717) is 16.5 Å². The van der Waals surface area contributed by atoms with Crippen molar-refractivity contribution in [2.45, 2.75) is 49.6 Å². The van der Waals surface area contributed by atoms with Gasteiger partial charge in [0.15, 0.2) is 0 Å². The topological polar surface area (TPSA) is 32.8 Å². The fourth-order valence-electron chi connectivity index (χ4n) is 6.24. The van der Waals surface area contributed by atoms with E-state index in [1.165, 1.54) is 24.0 Å². The van der Waals surface area contributed by atoms with E-state index in [0.717, 1.165) is 44.7 Å². The summed E-state index contributed by atoms with van der Waals surface area (Å²) in [5.74, 6) is 0.122. The Morgan fingerprint density at radius 1 is 1.09 bits per heavy atom. The predicted molar refractivity (Wildman–Crippen MR) is 128 cm³/mol. The van der Waals surface area contributed by atoms with Gasteiger partial charge in [0.2, 0.25) is 5.91 Å². The number of amides is 1. The highest BCUT2D eigenvalue weighted by molar-refractivity contribution is 6.42. The number of hydrogen-bond donors (Lipinski definition) is 0. The van der Waals surface area contributed by atoms with Crippen molar-refractivity contribution in [3.8, 4) is 0 Å². The largest absolute Gasteiger partial charge is 0.381 e. The van der Waals surface area contributed by atoms with E-state index < -0.39 is 0 Å². The lowest BCUT2D eigenvalue weighted by molar-refractivity contribution is -0.135. The van der Waals surface area contributed by atoms with E-state index in [1.807, 2.05) is 18.0 Å². The number of carbonyl (C=O) groups is 1. The molecule has 2 aromatic carbocycles. The van der Waals surface area contributed by atoms with E-state index in [4.69, 9.17) is 27.9 Å². The fraction of sp³-hybridized carbons (Fsp3) is 0.500. The van der Waals surface area contributed by atoms with Crippen LogP contribution in [0.5, 0.6) is 0 Å². The van der Waals surface area contributed by atoms with Crippen molar-refractivity contribution in [1.82, 2.24) is 9.80 Å². The molecule has 0 aromatic heterocycles. The van der Waals surface area contributed by atoms with Crippen molar-refractivity contribution >= 4 is 29.1 Å². The van der Waals surface area contributed by atoms with Gasteiger partial charge in [-0.3, -0.25) is 9.69 Å². The van der Waals surface area contributed by atoms with Crippen molar-refractivity contribution in [3.05, 3.63) is 69.2 Å². The second-order valence-electron chi connectivity index (χ2n) is 9.42. The normalized spacial score (nSPS) is 24.6. The molecule has 2 atom stereocenters. The molecule has 2 heterocycles. The second-order valence-corrected chi connectivity index (χ2v) is 10.2. The summed E-state index contributed by atoms with van der Waals surface area (Å²) in [6.07, 6.45) is 4.66. The molecular formula is C26H30Cl2N2O2. The van der Waals surface area contributed by atoms with Gasteiger partial charge in [0, 0.05) is 25.7 Å². The van der Waals surface area contributed by atoms with Gasteiger partial charge in [-0.1, -0.05) is 53.5 Å². The van der Waals surface area contributed by atoms with Gasteiger partial charge in [0.05, 0.1) is 28.5 Å². The van der Waals surface area contributed by atoms with Crippen LogP contribution in [0, 0.1) is 0 Å². The lowest BCUT2D eigenvalue weighted by Gasteiger charge is -2.47. The Morgan fingerprint density at radius 2 is 1.81 bits per heavy atom. The van der Waals surface area contributed by atoms with Gasteiger partial charge in [-0.15, -0.1) is 0 Å². The van der Waals surface area contributed by atoms with Crippen molar-refractivity contribution in [2.75, 3.05) is 33.4 Å². The maximum Gasteiger partial charge on any atom is 0.227 e. The molecule has 2 unspecified atom stereocenters. The number of nitrogens with zero attached hydrogens (tertiary/aromatic N) is 2. The van der Waals surface area contributed by atoms with Gasteiger partial charge in [0.25, 0.3) is 0 Å². The molecule has 32 heavy (non-hydrogen) atoms. The summed E-state index contributed by atoms with van der Waals surface area (Å²) in [6, 6.07) is 14.7. The SMILES string of the molecule is CN(C(=O)Cc1ccc(Cl)c(Cl)c1)C1C(N2CCCC2)c2ccccc2C12CCOCC2. The number of carbonyl (C=O) groups excluding carboxylic acids is 1. The number of likely N-dealkylation sites (N-methyl/N-ethyl adjacent to an activating group) is 1. The molecule has 1 aliphatic carbocycles. The van der Waals surface area contributed by atoms with Crippen LogP contribution >= 0.6 is 23.2 Å². The quantitative estimate of drug-likeness (QED) is 0.607. The van der Waals surface area contributed by atoms with Crippen LogP contribution in [0.15, 0.2) is 42.5 Å². The number of hydrogen-bond acceptors (Lipinski definition) is 3. The molecule has 2 saturated heterocycles. The minimum absolute atomic E-state index is 0.0653. The van der Waals surface area contributed by atoms with Crippen LogP contribution in [0.25, 0.3) is 0 Å². The summed E-state index contributed by atoms with van der Waals surface area (Å²) < 4.78 is 5.80. The Kier molecular flexibility index (Phi) is 6.23. The zero-order chi connectivity index (χ0) is 22.3. The monoisotopic (exact) mass is 472 g/mol. The average Bonchev–Trinajstić information content (AvgIpc) is 3.42. The predicted octanol–water partition coefficient (Wildman–Crippen LogP) is 5.26. The van der Waals surface area contributed by atoms with Crippen molar-refractivity contribution in [2.24, 2.45) is 0 Å². The van der Waals surface area contributed by atoms with Crippen LogP contribution in [0.1, 0.15) is 48.4 Å². The van der Waals surface area contributed by atoms with Crippen LogP contribution in [0.3, 0.4) is 0 Å². The van der Waals surface area contributed by atoms with Crippen molar-refractivity contribution in [1.29, 1.82) is 0 Å². The first-order chi connectivity index (χ1) is 15.5. The summed E-state index contributed by atoms with van der Waals surface area (Å²) in [6.45, 7) is 3.67. The number of fused-ring (bicyclic) bond motifs is 2. The molecule has 0 saturated carbocycles. The molecule has 0 radical (unpaired) electrons. The lowest BCUT2D eigenvalue weighted by atomic mass is 9.71. The average molecular weight is 473 g/mol. The molecule has 5 rings (SSSR count). The maximum absolute atomic E-state index is 13.6. The Morgan fingerprint density at radius 3 is 2.53 bits per heavy atom. The van der Waals surface area contributed by atoms with Crippen LogP contribution < -0.4 is 0 Å². The Balaban J connectivity index is 1.52.